The number of hydrogen-bond donors (Lipinski definition) is 5. The van der Waals surface area contributed by atoms with E-state index in [1.54, 1.807) is 18.3 Å². The monoisotopic (exact) mass is 671 g/mol. The van der Waals surface area contributed by atoms with Crippen LogP contribution in [0.15, 0.2) is 77.7 Å². The van der Waals surface area contributed by atoms with Crippen LogP contribution < -0.4 is 21.7 Å². The van der Waals surface area contributed by atoms with E-state index >= 15 is 0 Å². The number of rotatable bonds is 12. The number of carboxylic acids is 2. The first-order valence-corrected chi connectivity index (χ1v) is 14.7. The van der Waals surface area contributed by atoms with Gasteiger partial charge in [-0.25, -0.2) is 24.5 Å². The number of carbonyl (C=O) groups is 4. The number of fused-ring (bicyclic) bond motifs is 1. The van der Waals surface area contributed by atoms with Crippen LogP contribution in [0.3, 0.4) is 0 Å². The number of esters is 1. The van der Waals surface area contributed by atoms with Crippen LogP contribution in [0.25, 0.3) is 11.2 Å². The first-order chi connectivity index (χ1) is 23.4. The molecule has 3 heterocycles. The van der Waals surface area contributed by atoms with Gasteiger partial charge in [-0.05, 0) is 49.7 Å². The van der Waals surface area contributed by atoms with Crippen molar-refractivity contribution in [3.05, 3.63) is 89.6 Å². The van der Waals surface area contributed by atoms with Crippen LogP contribution in [0.5, 0.6) is 0 Å². The molecule has 1 amide bonds. The van der Waals surface area contributed by atoms with E-state index in [-0.39, 0.29) is 35.9 Å². The lowest BCUT2D eigenvalue weighted by Gasteiger charge is -2.19. The fraction of sp³-hybridized carbons (Fsp3) is 0.219. The molecule has 0 fully saturated rings. The Balaban J connectivity index is 0.000000281. The quantitative estimate of drug-likeness (QED) is 0.0821. The highest BCUT2D eigenvalue weighted by Crippen LogP contribution is 2.19. The molecule has 1 aliphatic rings. The first kappa shape index (κ1) is 35.2. The van der Waals surface area contributed by atoms with Gasteiger partial charge in [-0.2, -0.15) is 9.97 Å². The van der Waals surface area contributed by atoms with Crippen molar-refractivity contribution < 1.29 is 38.9 Å². The van der Waals surface area contributed by atoms with Crippen LogP contribution >= 0.6 is 0 Å². The molecule has 5 rings (SSSR count). The summed E-state index contributed by atoms with van der Waals surface area (Å²) in [6.07, 6.45) is 2.28. The number of aliphatic carboxylic acids is 2. The number of nitrogens with one attached hydrogen (secondary N) is 1. The predicted molar refractivity (Wildman–Crippen MR) is 177 cm³/mol. The zero-order valence-electron chi connectivity index (χ0n) is 26.4. The molecule has 17 heteroatoms. The lowest BCUT2D eigenvalue weighted by Crippen LogP contribution is -2.41. The van der Waals surface area contributed by atoms with Crippen LogP contribution in [0.1, 0.15) is 41.4 Å². The highest BCUT2D eigenvalue weighted by atomic mass is 16.6. The molecule has 2 aromatic carbocycles. The molecule has 0 unspecified atom stereocenters. The zero-order chi connectivity index (χ0) is 35.5. The molecule has 0 radical (unpaired) electrons. The fourth-order valence-corrected chi connectivity index (χ4v) is 4.29. The highest BCUT2D eigenvalue weighted by Gasteiger charge is 2.24. The van der Waals surface area contributed by atoms with E-state index in [1.807, 2.05) is 49.2 Å². The van der Waals surface area contributed by atoms with Crippen LogP contribution in [0.2, 0.25) is 0 Å². The number of nitrogens with two attached hydrogens (primary N) is 2. The molecule has 1 atom stereocenters. The van der Waals surface area contributed by atoms with E-state index in [0.29, 0.717) is 35.9 Å². The molecule has 0 spiro atoms. The first-order valence-electron chi connectivity index (χ1n) is 14.7. The van der Waals surface area contributed by atoms with Gasteiger partial charge in [-0.1, -0.05) is 18.2 Å². The molecule has 254 valence electrons. The summed E-state index contributed by atoms with van der Waals surface area (Å²) in [5, 5.41) is 20.2. The Morgan fingerprint density at radius 3 is 2.41 bits per heavy atom. The number of benzene rings is 2. The normalized spacial score (nSPS) is 13.5. The minimum atomic E-state index is -1.30. The number of aromatic nitrogens is 4. The van der Waals surface area contributed by atoms with Gasteiger partial charge in [0.05, 0.1) is 25.0 Å². The summed E-state index contributed by atoms with van der Waals surface area (Å²) in [6, 6.07) is 14.4. The van der Waals surface area contributed by atoms with Crippen LogP contribution in [-0.4, -0.2) is 79.6 Å². The molecule has 49 heavy (non-hydrogen) atoms. The number of hydrogen-bond acceptors (Lipinski definition) is 14. The number of anilines is 3. The maximum absolute atomic E-state index is 12.4. The molecule has 0 saturated heterocycles. The van der Waals surface area contributed by atoms with Gasteiger partial charge in [-0.15, -0.1) is 0 Å². The average molecular weight is 672 g/mol. The molecule has 0 aliphatic carbocycles. The topological polar surface area (TPSA) is 258 Å². The smallest absolute Gasteiger partial charge is 0.367 e. The van der Waals surface area contributed by atoms with Gasteiger partial charge < -0.3 is 41.4 Å². The summed E-state index contributed by atoms with van der Waals surface area (Å²) in [4.78, 5) is 68.1. The predicted octanol–water partition coefficient (Wildman–Crippen LogP) is 2.14. The van der Waals surface area contributed by atoms with Crippen LogP contribution in [0, 0.1) is 0 Å². The minimum Gasteiger partial charge on any atom is -0.499 e. The Bertz CT molecular complexity index is 1900. The third-order valence-corrected chi connectivity index (χ3v) is 6.72. The molecule has 4 aromatic rings. The van der Waals surface area contributed by atoms with E-state index in [2.05, 4.69) is 30.2 Å². The average Bonchev–Trinajstić information content (AvgIpc) is 3.46. The van der Waals surface area contributed by atoms with Crippen molar-refractivity contribution >= 4 is 58.3 Å². The lowest BCUT2D eigenvalue weighted by molar-refractivity contribution is -0.140. The maximum atomic E-state index is 12.4. The maximum Gasteiger partial charge on any atom is 0.367 e. The van der Waals surface area contributed by atoms with Crippen molar-refractivity contribution in [3.63, 3.8) is 0 Å². The number of ether oxygens (including phenoxy) is 2. The molecular formula is C32H33N9O8. The highest BCUT2D eigenvalue weighted by molar-refractivity contribution is 6.11. The number of carboxylic acid groups (broad SMARTS) is 2. The summed E-state index contributed by atoms with van der Waals surface area (Å²) in [7, 11) is 1.82. The Morgan fingerprint density at radius 2 is 1.76 bits per heavy atom. The van der Waals surface area contributed by atoms with Crippen molar-refractivity contribution in [2.75, 3.05) is 30.0 Å². The molecular weight excluding hydrogens is 638 g/mol. The second-order valence-corrected chi connectivity index (χ2v) is 10.3. The number of nitrogens with zero attached hydrogens (tertiary/aromatic N) is 6. The fourth-order valence-electron chi connectivity index (χ4n) is 4.29. The largest absolute Gasteiger partial charge is 0.499 e. The van der Waals surface area contributed by atoms with Crippen molar-refractivity contribution in [2.45, 2.75) is 32.4 Å². The molecule has 0 saturated carbocycles. The van der Waals surface area contributed by atoms with Gasteiger partial charge in [0.25, 0.3) is 5.91 Å². The summed E-state index contributed by atoms with van der Waals surface area (Å²) in [5.41, 5.74) is 14.6. The summed E-state index contributed by atoms with van der Waals surface area (Å²) < 4.78 is 10.0. The number of nitrogen functional groups attached to an aromatic ring is 2. The Labute approximate surface area is 279 Å². The van der Waals surface area contributed by atoms with Gasteiger partial charge in [0.1, 0.15) is 12.3 Å². The van der Waals surface area contributed by atoms with Crippen molar-refractivity contribution in [3.8, 4) is 0 Å². The Morgan fingerprint density at radius 1 is 1.04 bits per heavy atom. The number of carbonyl (C=O) groups excluding carboxylic acids is 2. The van der Waals surface area contributed by atoms with Gasteiger partial charge >= 0.3 is 17.9 Å². The van der Waals surface area contributed by atoms with E-state index in [4.69, 9.17) is 26.0 Å². The second kappa shape index (κ2) is 16.3. The van der Waals surface area contributed by atoms with Gasteiger partial charge in [-0.3, -0.25) is 9.59 Å². The molecule has 1 aliphatic heterocycles. The van der Waals surface area contributed by atoms with E-state index in [1.165, 1.54) is 18.4 Å². The molecule has 17 nitrogen and oxygen atoms in total. The van der Waals surface area contributed by atoms with Crippen molar-refractivity contribution in [2.24, 2.45) is 4.99 Å². The Kier molecular flexibility index (Phi) is 11.7. The minimum absolute atomic E-state index is 0.0138. The van der Waals surface area contributed by atoms with E-state index in [0.717, 1.165) is 11.3 Å². The third kappa shape index (κ3) is 9.67. The molecule has 2 aromatic heterocycles. The van der Waals surface area contributed by atoms with Gasteiger partial charge in [0, 0.05) is 30.3 Å². The van der Waals surface area contributed by atoms with Gasteiger partial charge in [0.15, 0.2) is 22.7 Å². The van der Waals surface area contributed by atoms with Gasteiger partial charge in [0.2, 0.25) is 11.8 Å². The van der Waals surface area contributed by atoms with E-state index in [9.17, 15) is 24.3 Å². The molecule has 0 bridgehead atoms. The standard InChI is InChI=1S/C20H22N8O5.C12H11NO3/c1-28(9-11-8-23-17-15(24-11)16(21)26-20(22)27-17)12-4-2-10(3-5-12)18(31)25-13(19(32)33)6-7-14(29)30;1-2-15-8-10-12(14)16-11(13-10)9-6-4-3-5-7-9/h2-5,8,13H,6-7,9H2,1H3,(H,25,31)(H,29,30)(H,32,33)(H4,21,22,23,26,27);3-8H,2H2,1H3/t13-;/m0./s1. The van der Waals surface area contributed by atoms with Crippen molar-refractivity contribution in [1.82, 2.24) is 25.3 Å². The summed E-state index contributed by atoms with van der Waals surface area (Å²) in [5.74, 6) is -3.07. The number of cyclic esters (lactones) is 1. The summed E-state index contributed by atoms with van der Waals surface area (Å²) >= 11 is 0. The Hall–Kier alpha value is -6.65. The summed E-state index contributed by atoms with van der Waals surface area (Å²) in [6.45, 7) is 2.70. The SMILES string of the molecule is CCOC=C1N=C(c2ccccc2)OC1=O.CN(Cc1cnc2nc(N)nc(N)c2n1)c1ccc(C(=O)N[C@@H](CCC(=O)O)C(=O)O)cc1. The van der Waals surface area contributed by atoms with Crippen molar-refractivity contribution in [1.29, 1.82) is 0 Å². The zero-order valence-corrected chi connectivity index (χ0v) is 26.4. The van der Waals surface area contributed by atoms with Crippen LogP contribution in [0.4, 0.5) is 17.5 Å². The molecule has 7 N–H and O–H groups in total. The number of aliphatic imine (C=N–C) groups is 1. The second-order valence-electron chi connectivity index (χ2n) is 10.3. The lowest BCUT2D eigenvalue weighted by atomic mass is 10.1. The van der Waals surface area contributed by atoms with E-state index < -0.39 is 29.9 Å². The number of amides is 1. The van der Waals surface area contributed by atoms with Crippen LogP contribution in [-0.2, 0) is 30.4 Å². The third-order valence-electron chi connectivity index (χ3n) is 6.72.